The number of Topliss-reactive ketones (excluding diaryl/α,β-unsaturated/α-hetero) is 1. The summed E-state index contributed by atoms with van der Waals surface area (Å²) < 4.78 is 14.0. The number of aliphatic hydroxyl groups excluding tert-OH is 1. The first kappa shape index (κ1) is 22.2. The molecule has 1 unspecified atom stereocenters. The fourth-order valence-electron chi connectivity index (χ4n) is 4.08. The van der Waals surface area contributed by atoms with Gasteiger partial charge in [-0.25, -0.2) is 9.37 Å². The fraction of sp³-hybridized carbons (Fsp3) is 0.115. The van der Waals surface area contributed by atoms with Crippen LogP contribution in [-0.2, 0) is 4.79 Å². The Morgan fingerprint density at radius 1 is 1.09 bits per heavy atom. The van der Waals surface area contributed by atoms with Crippen LogP contribution in [0.15, 0.2) is 77.4 Å². The number of hydrogen-bond donors (Lipinski definition) is 1. The van der Waals surface area contributed by atoms with Crippen molar-refractivity contribution in [2.75, 3.05) is 4.90 Å². The van der Waals surface area contributed by atoms with Crippen molar-refractivity contribution in [3.8, 4) is 10.6 Å². The van der Waals surface area contributed by atoms with Gasteiger partial charge in [-0.05, 0) is 49.1 Å². The van der Waals surface area contributed by atoms with Gasteiger partial charge in [0.1, 0.15) is 16.9 Å². The van der Waals surface area contributed by atoms with Gasteiger partial charge in [-0.3, -0.25) is 14.5 Å². The summed E-state index contributed by atoms with van der Waals surface area (Å²) in [6.07, 6.45) is 0. The van der Waals surface area contributed by atoms with Gasteiger partial charge >= 0.3 is 0 Å². The molecule has 0 bridgehead atoms. The van der Waals surface area contributed by atoms with Gasteiger partial charge in [-0.1, -0.05) is 36.4 Å². The molecule has 0 saturated heterocycles. The second kappa shape index (κ2) is 8.62. The Bertz CT molecular complexity index is 1460. The standard InChI is InChI=1S/C26H19FN2O3S2/c1-14-11-12-33-23(14)20-19(22(31)26(32)29(20)18-10-6-9-17(27)13-18)21(30)24-15(2)28-25(34-24)16-7-4-3-5-8-16/h3-13,20,31H,1-2H3. The number of aliphatic hydroxyl groups is 1. The number of benzene rings is 2. The van der Waals surface area contributed by atoms with Crippen LogP contribution in [0.25, 0.3) is 10.6 Å². The molecule has 0 fully saturated rings. The first-order chi connectivity index (χ1) is 16.4. The van der Waals surface area contributed by atoms with Crippen LogP contribution in [0.3, 0.4) is 0 Å². The highest BCUT2D eigenvalue weighted by Gasteiger charge is 2.46. The van der Waals surface area contributed by atoms with Gasteiger partial charge < -0.3 is 5.11 Å². The zero-order valence-electron chi connectivity index (χ0n) is 18.3. The minimum atomic E-state index is -0.872. The summed E-state index contributed by atoms with van der Waals surface area (Å²) in [5.41, 5.74) is 2.51. The van der Waals surface area contributed by atoms with E-state index in [9.17, 15) is 19.1 Å². The van der Waals surface area contributed by atoms with Crippen LogP contribution in [0.2, 0.25) is 0 Å². The van der Waals surface area contributed by atoms with Gasteiger partial charge in [0, 0.05) is 16.1 Å². The summed E-state index contributed by atoms with van der Waals surface area (Å²) in [5, 5.41) is 13.5. The van der Waals surface area contributed by atoms with E-state index in [1.54, 1.807) is 13.0 Å². The average molecular weight is 491 g/mol. The predicted molar refractivity (Wildman–Crippen MR) is 132 cm³/mol. The highest BCUT2D eigenvalue weighted by Crippen LogP contribution is 2.45. The minimum Gasteiger partial charge on any atom is -0.503 e. The van der Waals surface area contributed by atoms with Crippen molar-refractivity contribution in [1.82, 2.24) is 4.98 Å². The van der Waals surface area contributed by atoms with E-state index in [2.05, 4.69) is 4.98 Å². The number of thiophene rings is 1. The van der Waals surface area contributed by atoms with Crippen molar-refractivity contribution in [3.05, 3.63) is 104 Å². The van der Waals surface area contributed by atoms with Gasteiger partial charge in [-0.15, -0.1) is 22.7 Å². The molecule has 1 atom stereocenters. The first-order valence-corrected chi connectivity index (χ1v) is 12.2. The van der Waals surface area contributed by atoms with Gasteiger partial charge in [0.25, 0.3) is 5.91 Å². The maximum atomic E-state index is 14.0. The van der Waals surface area contributed by atoms with Gasteiger partial charge in [-0.2, -0.15) is 0 Å². The molecule has 1 amide bonds. The number of amides is 1. The van der Waals surface area contributed by atoms with Gasteiger partial charge in [0.2, 0.25) is 5.78 Å². The van der Waals surface area contributed by atoms with Crippen LogP contribution >= 0.6 is 22.7 Å². The molecule has 34 heavy (non-hydrogen) atoms. The molecule has 1 aliphatic rings. The van der Waals surface area contributed by atoms with E-state index in [-0.39, 0.29) is 11.3 Å². The number of thiazole rings is 1. The molecule has 2 aromatic carbocycles. The summed E-state index contributed by atoms with van der Waals surface area (Å²) >= 11 is 2.60. The lowest BCUT2D eigenvalue weighted by atomic mass is 9.98. The third kappa shape index (κ3) is 3.65. The molecule has 1 aliphatic heterocycles. The van der Waals surface area contributed by atoms with Crippen molar-refractivity contribution >= 4 is 40.1 Å². The number of ketones is 1. The van der Waals surface area contributed by atoms with Crippen LogP contribution in [0, 0.1) is 19.7 Å². The molecule has 1 N–H and O–H groups in total. The molecule has 170 valence electrons. The summed E-state index contributed by atoms with van der Waals surface area (Å²) in [5.74, 6) is -2.34. The molecule has 5 nitrogen and oxygen atoms in total. The molecule has 0 saturated carbocycles. The van der Waals surface area contributed by atoms with Gasteiger partial charge in [0.05, 0.1) is 16.1 Å². The van der Waals surface area contributed by atoms with Crippen molar-refractivity contribution in [3.63, 3.8) is 0 Å². The molecule has 0 spiro atoms. The molecular formula is C26H19FN2O3S2. The van der Waals surface area contributed by atoms with E-state index in [0.717, 1.165) is 16.0 Å². The maximum Gasteiger partial charge on any atom is 0.294 e. The molecule has 8 heteroatoms. The van der Waals surface area contributed by atoms with E-state index in [0.29, 0.717) is 15.6 Å². The Balaban J connectivity index is 1.64. The van der Waals surface area contributed by atoms with Gasteiger partial charge in [0.15, 0.2) is 5.76 Å². The van der Waals surface area contributed by atoms with Crippen LogP contribution < -0.4 is 4.90 Å². The molecular weight excluding hydrogens is 471 g/mol. The highest BCUT2D eigenvalue weighted by atomic mass is 32.1. The summed E-state index contributed by atoms with van der Waals surface area (Å²) in [7, 11) is 0. The molecule has 2 aromatic heterocycles. The number of nitrogens with zero attached hydrogens (tertiary/aromatic N) is 2. The summed E-state index contributed by atoms with van der Waals surface area (Å²) in [6.45, 7) is 3.61. The molecule has 5 rings (SSSR count). The number of halogens is 1. The number of rotatable bonds is 5. The first-order valence-electron chi connectivity index (χ1n) is 10.5. The van der Waals surface area contributed by atoms with Crippen molar-refractivity contribution in [2.24, 2.45) is 0 Å². The molecule has 0 radical (unpaired) electrons. The third-order valence-corrected chi connectivity index (χ3v) is 7.99. The lowest BCUT2D eigenvalue weighted by molar-refractivity contribution is -0.117. The number of hydrogen-bond acceptors (Lipinski definition) is 6. The van der Waals surface area contributed by atoms with Crippen LogP contribution in [0.4, 0.5) is 10.1 Å². The zero-order chi connectivity index (χ0) is 24.0. The quantitative estimate of drug-likeness (QED) is 0.328. The SMILES string of the molecule is Cc1ccsc1C1C(C(=O)c2sc(-c3ccccc3)nc2C)=C(O)C(=O)N1c1cccc(F)c1. The average Bonchev–Trinajstić information content (AvgIpc) is 3.50. The predicted octanol–water partition coefficient (Wildman–Crippen LogP) is 6.41. The Labute approximate surface area is 203 Å². The number of carbonyl (C=O) groups excluding carboxylic acids is 2. The number of aryl methyl sites for hydroxylation is 2. The van der Waals surface area contributed by atoms with E-state index < -0.39 is 29.3 Å². The fourth-order valence-corrected chi connectivity index (χ4v) is 6.13. The molecule has 4 aromatic rings. The van der Waals surface area contributed by atoms with Crippen LogP contribution in [0.5, 0.6) is 0 Å². The lowest BCUT2D eigenvalue weighted by Gasteiger charge is -2.26. The number of anilines is 1. The Hall–Kier alpha value is -3.62. The van der Waals surface area contributed by atoms with E-state index in [1.807, 2.05) is 48.7 Å². The maximum absolute atomic E-state index is 14.0. The molecule has 0 aliphatic carbocycles. The van der Waals surface area contributed by atoms with E-state index in [1.165, 1.54) is 45.8 Å². The normalized spacial score (nSPS) is 15.9. The van der Waals surface area contributed by atoms with E-state index in [4.69, 9.17) is 0 Å². The Kier molecular flexibility index (Phi) is 5.63. The largest absolute Gasteiger partial charge is 0.503 e. The highest BCUT2D eigenvalue weighted by molar-refractivity contribution is 7.17. The third-order valence-electron chi connectivity index (χ3n) is 5.71. The summed E-state index contributed by atoms with van der Waals surface area (Å²) in [6, 6.07) is 16.1. The monoisotopic (exact) mass is 490 g/mol. The van der Waals surface area contributed by atoms with Crippen molar-refractivity contribution < 1.29 is 19.1 Å². The summed E-state index contributed by atoms with van der Waals surface area (Å²) in [4.78, 5) is 34.0. The lowest BCUT2D eigenvalue weighted by Crippen LogP contribution is -2.31. The zero-order valence-corrected chi connectivity index (χ0v) is 19.9. The van der Waals surface area contributed by atoms with Crippen molar-refractivity contribution in [1.29, 1.82) is 0 Å². The van der Waals surface area contributed by atoms with E-state index >= 15 is 0 Å². The second-order valence-electron chi connectivity index (χ2n) is 7.92. The second-order valence-corrected chi connectivity index (χ2v) is 9.86. The van der Waals surface area contributed by atoms with Crippen LogP contribution in [-0.4, -0.2) is 21.8 Å². The smallest absolute Gasteiger partial charge is 0.294 e. The number of carbonyl (C=O) groups is 2. The Morgan fingerprint density at radius 3 is 2.53 bits per heavy atom. The number of aromatic nitrogens is 1. The van der Waals surface area contributed by atoms with Crippen LogP contribution in [0.1, 0.15) is 31.8 Å². The molecule has 3 heterocycles. The topological polar surface area (TPSA) is 70.5 Å². The Morgan fingerprint density at radius 2 is 1.85 bits per heavy atom. The minimum absolute atomic E-state index is 0.0221. The van der Waals surface area contributed by atoms with Crippen molar-refractivity contribution in [2.45, 2.75) is 19.9 Å².